The number of nitrogens with zero attached hydrogens (tertiary/aromatic N) is 1. The van der Waals surface area contributed by atoms with Crippen molar-refractivity contribution in [2.75, 3.05) is 6.54 Å². The van der Waals surface area contributed by atoms with E-state index in [2.05, 4.69) is 5.32 Å². The van der Waals surface area contributed by atoms with Crippen LogP contribution in [0.2, 0.25) is 0 Å². The van der Waals surface area contributed by atoms with E-state index in [1.165, 1.54) is 0 Å². The summed E-state index contributed by atoms with van der Waals surface area (Å²) in [7, 11) is 0. The van der Waals surface area contributed by atoms with Crippen molar-refractivity contribution in [3.63, 3.8) is 0 Å². The molecule has 1 aliphatic rings. The molecule has 0 bridgehead atoms. The van der Waals surface area contributed by atoms with Crippen LogP contribution in [0.15, 0.2) is 0 Å². The van der Waals surface area contributed by atoms with Gasteiger partial charge in [0.25, 0.3) is 0 Å². The van der Waals surface area contributed by atoms with E-state index in [4.69, 9.17) is 5.11 Å². The van der Waals surface area contributed by atoms with E-state index in [1.54, 1.807) is 0 Å². The second-order valence-electron chi connectivity index (χ2n) is 7.03. The van der Waals surface area contributed by atoms with Gasteiger partial charge < -0.3 is 15.3 Å². The van der Waals surface area contributed by atoms with Gasteiger partial charge in [-0.25, -0.2) is 4.79 Å². The van der Waals surface area contributed by atoms with Gasteiger partial charge in [-0.05, 0) is 32.1 Å². The van der Waals surface area contributed by atoms with E-state index >= 15 is 0 Å². The topological polar surface area (TPSA) is 69.6 Å². The summed E-state index contributed by atoms with van der Waals surface area (Å²) in [4.78, 5) is 25.1. The molecule has 0 aromatic heterocycles. The molecule has 5 nitrogen and oxygen atoms in total. The Morgan fingerprint density at radius 1 is 1.37 bits per heavy atom. The molecule has 1 fully saturated rings. The van der Waals surface area contributed by atoms with E-state index in [0.29, 0.717) is 0 Å². The minimum Gasteiger partial charge on any atom is -0.481 e. The van der Waals surface area contributed by atoms with Crippen LogP contribution in [0, 0.1) is 5.41 Å². The van der Waals surface area contributed by atoms with Gasteiger partial charge in [0.1, 0.15) is 0 Å². The lowest BCUT2D eigenvalue weighted by Gasteiger charge is -2.36. The van der Waals surface area contributed by atoms with Crippen molar-refractivity contribution in [1.82, 2.24) is 10.2 Å². The van der Waals surface area contributed by atoms with Crippen molar-refractivity contribution in [2.24, 2.45) is 5.41 Å². The third-order valence-corrected chi connectivity index (χ3v) is 3.87. The van der Waals surface area contributed by atoms with Crippen LogP contribution in [0.3, 0.4) is 0 Å². The highest BCUT2D eigenvalue weighted by molar-refractivity contribution is 5.77. The largest absolute Gasteiger partial charge is 0.481 e. The SMILES string of the molecule is CC(C)(C)C(CC(=O)O)NC(=O)N1CCCC1(C)C. The fourth-order valence-electron chi connectivity index (χ4n) is 2.46. The Morgan fingerprint density at radius 2 is 1.95 bits per heavy atom. The Labute approximate surface area is 115 Å². The molecule has 0 aromatic rings. The quantitative estimate of drug-likeness (QED) is 0.827. The first-order chi connectivity index (χ1) is 8.54. The Kier molecular flexibility index (Phi) is 4.48. The van der Waals surface area contributed by atoms with Crippen molar-refractivity contribution in [3.05, 3.63) is 0 Å². The van der Waals surface area contributed by atoms with E-state index in [1.807, 2.05) is 39.5 Å². The van der Waals surface area contributed by atoms with E-state index < -0.39 is 5.97 Å². The van der Waals surface area contributed by atoms with Gasteiger partial charge in [0.2, 0.25) is 0 Å². The summed E-state index contributed by atoms with van der Waals surface area (Å²) < 4.78 is 0. The fourth-order valence-corrected chi connectivity index (χ4v) is 2.46. The number of hydrogen-bond acceptors (Lipinski definition) is 2. The normalized spacial score (nSPS) is 20.2. The highest BCUT2D eigenvalue weighted by atomic mass is 16.4. The molecule has 1 unspecified atom stereocenters. The number of carbonyl (C=O) groups excluding carboxylic acids is 1. The van der Waals surface area contributed by atoms with Crippen LogP contribution in [0.1, 0.15) is 53.9 Å². The van der Waals surface area contributed by atoms with Crippen LogP contribution < -0.4 is 5.32 Å². The standard InChI is InChI=1S/C14H26N2O3/c1-13(2,3)10(9-11(17)18)15-12(19)16-8-6-7-14(16,4)5/h10H,6-9H2,1-5H3,(H,15,19)(H,17,18). The molecule has 0 saturated carbocycles. The second kappa shape index (κ2) is 5.39. The van der Waals surface area contributed by atoms with E-state index in [-0.39, 0.29) is 29.4 Å². The number of carboxylic acid groups (broad SMARTS) is 1. The van der Waals surface area contributed by atoms with Gasteiger partial charge in [-0.3, -0.25) is 4.79 Å². The Morgan fingerprint density at radius 3 is 2.32 bits per heavy atom. The van der Waals surface area contributed by atoms with E-state index in [9.17, 15) is 9.59 Å². The molecular formula is C14H26N2O3. The van der Waals surface area contributed by atoms with Crippen LogP contribution in [0.4, 0.5) is 4.79 Å². The molecule has 1 rings (SSSR count). The molecule has 0 aromatic carbocycles. The van der Waals surface area contributed by atoms with Crippen LogP contribution >= 0.6 is 0 Å². The number of amides is 2. The van der Waals surface area contributed by atoms with Crippen molar-refractivity contribution >= 4 is 12.0 Å². The molecule has 1 saturated heterocycles. The maximum atomic E-state index is 12.3. The smallest absolute Gasteiger partial charge is 0.318 e. The van der Waals surface area contributed by atoms with Crippen molar-refractivity contribution in [1.29, 1.82) is 0 Å². The van der Waals surface area contributed by atoms with Gasteiger partial charge in [0, 0.05) is 18.1 Å². The molecule has 1 aliphatic heterocycles. The van der Waals surface area contributed by atoms with Gasteiger partial charge in [-0.1, -0.05) is 20.8 Å². The molecule has 110 valence electrons. The summed E-state index contributed by atoms with van der Waals surface area (Å²) in [5.41, 5.74) is -0.423. The third kappa shape index (κ3) is 4.11. The minimum absolute atomic E-state index is 0.0521. The van der Waals surface area contributed by atoms with Crippen molar-refractivity contribution < 1.29 is 14.7 Å². The van der Waals surface area contributed by atoms with Gasteiger partial charge in [0.15, 0.2) is 0 Å². The molecule has 19 heavy (non-hydrogen) atoms. The number of carboxylic acids is 1. The maximum Gasteiger partial charge on any atom is 0.318 e. The Hall–Kier alpha value is -1.26. The Balaban J connectivity index is 2.74. The van der Waals surface area contributed by atoms with Crippen LogP contribution in [0.5, 0.6) is 0 Å². The predicted molar refractivity (Wildman–Crippen MR) is 74.0 cm³/mol. The zero-order valence-corrected chi connectivity index (χ0v) is 12.6. The number of aliphatic carboxylic acids is 1. The first-order valence-corrected chi connectivity index (χ1v) is 6.84. The van der Waals surface area contributed by atoms with Crippen LogP contribution in [-0.2, 0) is 4.79 Å². The van der Waals surface area contributed by atoms with Crippen molar-refractivity contribution in [3.8, 4) is 0 Å². The zero-order chi connectivity index (χ0) is 14.8. The molecule has 5 heteroatoms. The fraction of sp³-hybridized carbons (Fsp3) is 0.857. The lowest BCUT2D eigenvalue weighted by atomic mass is 9.85. The highest BCUT2D eigenvalue weighted by Gasteiger charge is 2.37. The molecular weight excluding hydrogens is 244 g/mol. The molecule has 0 radical (unpaired) electrons. The molecule has 2 amide bonds. The van der Waals surface area contributed by atoms with Gasteiger partial charge >= 0.3 is 12.0 Å². The monoisotopic (exact) mass is 270 g/mol. The molecule has 0 aliphatic carbocycles. The number of hydrogen-bond donors (Lipinski definition) is 2. The Bertz CT molecular complexity index is 358. The summed E-state index contributed by atoms with van der Waals surface area (Å²) in [6.45, 7) is 10.6. The highest BCUT2D eigenvalue weighted by Crippen LogP contribution is 2.29. The number of carbonyl (C=O) groups is 2. The van der Waals surface area contributed by atoms with Gasteiger partial charge in [-0.15, -0.1) is 0 Å². The predicted octanol–water partition coefficient (Wildman–Crippen LogP) is 2.46. The number of rotatable bonds is 3. The third-order valence-electron chi connectivity index (χ3n) is 3.87. The summed E-state index contributed by atoms with van der Waals surface area (Å²) in [5.74, 6) is -0.888. The van der Waals surface area contributed by atoms with E-state index in [0.717, 1.165) is 19.4 Å². The molecule has 0 spiro atoms. The van der Waals surface area contributed by atoms with Crippen LogP contribution in [-0.4, -0.2) is 40.1 Å². The average molecular weight is 270 g/mol. The minimum atomic E-state index is -0.888. The lowest BCUT2D eigenvalue weighted by molar-refractivity contribution is -0.138. The first-order valence-electron chi connectivity index (χ1n) is 6.84. The summed E-state index contributed by atoms with van der Waals surface area (Å²) in [5, 5.41) is 11.9. The molecule has 2 N–H and O–H groups in total. The number of nitrogens with one attached hydrogen (secondary N) is 1. The molecule has 1 atom stereocenters. The van der Waals surface area contributed by atoms with Crippen LogP contribution in [0.25, 0.3) is 0 Å². The summed E-state index contributed by atoms with van der Waals surface area (Å²) in [6.07, 6.45) is 1.93. The van der Waals surface area contributed by atoms with Crippen molar-refractivity contribution in [2.45, 2.75) is 65.5 Å². The van der Waals surface area contributed by atoms with Gasteiger partial charge in [-0.2, -0.15) is 0 Å². The second-order valence-corrected chi connectivity index (χ2v) is 7.03. The number of urea groups is 1. The number of likely N-dealkylation sites (tertiary alicyclic amines) is 1. The average Bonchev–Trinajstić information content (AvgIpc) is 2.54. The lowest BCUT2D eigenvalue weighted by Crippen LogP contribution is -2.54. The first kappa shape index (κ1) is 15.8. The maximum absolute atomic E-state index is 12.3. The van der Waals surface area contributed by atoms with Gasteiger partial charge in [0.05, 0.1) is 6.42 Å². The summed E-state index contributed by atoms with van der Waals surface area (Å²) in [6, 6.07) is -0.516. The molecule has 1 heterocycles. The summed E-state index contributed by atoms with van der Waals surface area (Å²) >= 11 is 0. The zero-order valence-electron chi connectivity index (χ0n) is 12.6.